The van der Waals surface area contributed by atoms with Crippen LogP contribution in [0.5, 0.6) is 0 Å². The molecule has 0 saturated carbocycles. The second kappa shape index (κ2) is 31.3. The molecule has 0 aromatic heterocycles. The first kappa shape index (κ1) is 64.1. The van der Waals surface area contributed by atoms with Gasteiger partial charge in [0.2, 0.25) is 29.5 Å². The van der Waals surface area contributed by atoms with Crippen molar-refractivity contribution in [1.82, 2.24) is 20.9 Å². The summed E-state index contributed by atoms with van der Waals surface area (Å²) in [4.78, 5) is 92.7. The van der Waals surface area contributed by atoms with Crippen molar-refractivity contribution in [2.24, 2.45) is 11.8 Å². The number of benzene rings is 1. The highest BCUT2D eigenvalue weighted by molar-refractivity contribution is 8.00. The third-order valence-corrected chi connectivity index (χ3v) is 15.7. The zero-order valence-corrected chi connectivity index (χ0v) is 47.8. The molecule has 3 saturated heterocycles. The minimum Gasteiger partial charge on any atom is -0.457 e. The van der Waals surface area contributed by atoms with Crippen LogP contribution in [-0.4, -0.2) is 198 Å². The van der Waals surface area contributed by atoms with E-state index in [1.54, 1.807) is 27.9 Å². The number of hydrogen-bond acceptors (Lipinski definition) is 18. The van der Waals surface area contributed by atoms with Crippen molar-refractivity contribution in [3.8, 4) is 0 Å². The Morgan fingerprint density at radius 2 is 1.55 bits per heavy atom. The topological polar surface area (TPSA) is 269 Å². The van der Waals surface area contributed by atoms with E-state index < -0.39 is 70.8 Å². The Bertz CT molecular complexity index is 2290. The van der Waals surface area contributed by atoms with E-state index in [0.29, 0.717) is 75.6 Å². The molecule has 24 heteroatoms. The predicted octanol–water partition coefficient (Wildman–Crippen LogP) is 3.58. The molecule has 4 aliphatic rings. The van der Waals surface area contributed by atoms with Crippen LogP contribution < -0.4 is 20.9 Å². The maximum Gasteiger partial charge on any atom is 0.409 e. The largest absolute Gasteiger partial charge is 0.457 e. The molecule has 0 spiro atoms. The smallest absolute Gasteiger partial charge is 0.409 e. The molecule has 436 valence electrons. The Morgan fingerprint density at radius 3 is 2.24 bits per heavy atom. The van der Waals surface area contributed by atoms with Gasteiger partial charge in [-0.05, 0) is 51.3 Å². The lowest BCUT2D eigenvalue weighted by Crippen LogP contribution is -2.60. The molecule has 22 nitrogen and oxygen atoms in total. The number of esters is 1. The number of aliphatic hydroxyl groups is 1. The van der Waals surface area contributed by atoms with E-state index in [-0.39, 0.29) is 88.8 Å². The minimum absolute atomic E-state index is 0.0103. The van der Waals surface area contributed by atoms with E-state index >= 15 is 0 Å². The number of halogens is 1. The molecule has 1 aromatic carbocycles. The zero-order chi connectivity index (χ0) is 57.0. The molecule has 3 fully saturated rings. The van der Waals surface area contributed by atoms with E-state index in [1.807, 2.05) is 51.1 Å². The lowest BCUT2D eigenvalue weighted by atomic mass is 9.82. The van der Waals surface area contributed by atoms with Crippen LogP contribution >= 0.6 is 23.4 Å². The summed E-state index contributed by atoms with van der Waals surface area (Å²) >= 11 is 8.09. The normalized spacial score (nSPS) is 27.0. The van der Waals surface area contributed by atoms with Crippen LogP contribution in [0.3, 0.4) is 0 Å². The van der Waals surface area contributed by atoms with Gasteiger partial charge in [-0.2, -0.15) is 0 Å². The van der Waals surface area contributed by atoms with Crippen LogP contribution in [0, 0.1) is 18.8 Å². The number of thioether (sulfide) groups is 1. The van der Waals surface area contributed by atoms with Crippen LogP contribution in [0.25, 0.3) is 0 Å². The minimum atomic E-state index is -1.63. The number of ether oxygens (including phenoxy) is 9. The van der Waals surface area contributed by atoms with Gasteiger partial charge in [0.25, 0.3) is 0 Å². The zero-order valence-electron chi connectivity index (χ0n) is 46.2. The molecular formula is C54H80ClN5O17S. The van der Waals surface area contributed by atoms with Crippen LogP contribution in [0.2, 0.25) is 5.02 Å². The average molecular weight is 1140 g/mol. The fourth-order valence-electron chi connectivity index (χ4n) is 9.12. The Labute approximate surface area is 466 Å². The molecule has 9 atom stereocenters. The first-order chi connectivity index (χ1) is 37.2. The number of anilines is 1. The summed E-state index contributed by atoms with van der Waals surface area (Å²) in [5.41, 5.74) is 0.354. The molecule has 4 N–H and O–H groups in total. The van der Waals surface area contributed by atoms with Crippen LogP contribution in [-0.2, 0) is 77.8 Å². The van der Waals surface area contributed by atoms with E-state index in [4.69, 9.17) is 54.2 Å². The number of aryl methyl sites for hydroxylation is 1. The predicted molar refractivity (Wildman–Crippen MR) is 289 cm³/mol. The van der Waals surface area contributed by atoms with Crippen molar-refractivity contribution in [2.75, 3.05) is 111 Å². The number of epoxide rings is 1. The van der Waals surface area contributed by atoms with Crippen LogP contribution in [0.1, 0.15) is 77.8 Å². The number of carbonyl (C=O) groups is 7. The second-order valence-corrected chi connectivity index (χ2v) is 21.7. The highest BCUT2D eigenvalue weighted by atomic mass is 35.5. The van der Waals surface area contributed by atoms with E-state index in [0.717, 1.165) is 21.6 Å². The number of fused-ring (bicyclic) bond motifs is 5. The quantitative estimate of drug-likeness (QED) is 0.0404. The van der Waals surface area contributed by atoms with Gasteiger partial charge in [0, 0.05) is 70.5 Å². The summed E-state index contributed by atoms with van der Waals surface area (Å²) in [6.45, 7) is 14.1. The summed E-state index contributed by atoms with van der Waals surface area (Å²) < 4.78 is 51.2. The number of nitrogens with zero attached hydrogens (tertiary/aromatic N) is 2. The average Bonchev–Trinajstić information content (AvgIpc) is 4.16. The first-order valence-corrected chi connectivity index (χ1v) is 28.0. The fraction of sp³-hybridized carbons (Fsp3) is 0.685. The highest BCUT2D eigenvalue weighted by Gasteiger charge is 2.64. The summed E-state index contributed by atoms with van der Waals surface area (Å²) in [6, 6.07) is 3.82. The molecule has 0 radical (unpaired) electrons. The van der Waals surface area contributed by atoms with Crippen molar-refractivity contribution in [2.45, 2.75) is 121 Å². The van der Waals surface area contributed by atoms with Crippen molar-refractivity contribution in [3.05, 3.63) is 52.1 Å². The lowest BCUT2D eigenvalue weighted by molar-refractivity contribution is -0.166. The Morgan fingerprint density at radius 1 is 0.897 bits per heavy atom. The van der Waals surface area contributed by atoms with Gasteiger partial charge in [0.05, 0.1) is 101 Å². The van der Waals surface area contributed by atoms with Crippen molar-refractivity contribution in [3.63, 3.8) is 0 Å². The lowest BCUT2D eigenvalue weighted by Gasteiger charge is -2.41. The summed E-state index contributed by atoms with van der Waals surface area (Å²) in [7, 11) is 3.19. The van der Waals surface area contributed by atoms with Gasteiger partial charge >= 0.3 is 12.1 Å². The molecule has 78 heavy (non-hydrogen) atoms. The number of carbonyl (C=O) groups excluding carboxylic acids is 7. The number of hydrogen-bond donors (Lipinski definition) is 4. The van der Waals surface area contributed by atoms with Gasteiger partial charge in [-0.3, -0.25) is 34.2 Å². The maximum atomic E-state index is 14.2. The van der Waals surface area contributed by atoms with Gasteiger partial charge in [0.1, 0.15) is 23.5 Å². The highest BCUT2D eigenvalue weighted by Crippen LogP contribution is 2.49. The Balaban J connectivity index is 1.01. The van der Waals surface area contributed by atoms with Gasteiger partial charge in [-0.25, -0.2) is 9.59 Å². The maximum absolute atomic E-state index is 14.2. The number of allylic oxidation sites excluding steroid dienone is 3. The Hall–Kier alpha value is -4.69. The van der Waals surface area contributed by atoms with Gasteiger partial charge < -0.3 is 63.3 Å². The number of likely N-dealkylation sites (tertiary alicyclic amines) is 1. The third kappa shape index (κ3) is 19.3. The molecule has 4 bridgehead atoms. The number of rotatable bonds is 28. The monoisotopic (exact) mass is 1140 g/mol. The number of nitrogens with one attached hydrogen (secondary N) is 3. The van der Waals surface area contributed by atoms with E-state index in [9.17, 15) is 38.7 Å². The molecule has 4 aliphatic heterocycles. The molecule has 4 heterocycles. The summed E-state index contributed by atoms with van der Waals surface area (Å²) in [5.74, 6) is -2.85. The second-order valence-electron chi connectivity index (χ2n) is 20.0. The first-order valence-electron chi connectivity index (χ1n) is 26.6. The third-order valence-electron chi connectivity index (χ3n) is 14.0. The molecule has 0 aliphatic carbocycles. The van der Waals surface area contributed by atoms with Crippen molar-refractivity contribution in [1.29, 1.82) is 0 Å². The Kier molecular flexibility index (Phi) is 25.8. The number of amides is 6. The van der Waals surface area contributed by atoms with Crippen LogP contribution in [0.15, 0.2) is 35.9 Å². The summed E-state index contributed by atoms with van der Waals surface area (Å²) in [6.07, 6.45) is 1.78. The van der Waals surface area contributed by atoms with Gasteiger partial charge in [-0.15, -0.1) is 11.8 Å². The fourth-order valence-corrected chi connectivity index (χ4v) is 10.4. The molecule has 1 aromatic rings. The van der Waals surface area contributed by atoms with Crippen LogP contribution in [0.4, 0.5) is 10.5 Å². The molecule has 6 amide bonds. The van der Waals surface area contributed by atoms with Crippen molar-refractivity contribution >= 4 is 70.6 Å². The molecular weight excluding hydrogens is 1060 g/mol. The molecule has 5 rings (SSSR count). The number of imide groups is 1. The SMILES string of the molecule is CNC(=O)CCOCCOCCOCCOCCNC(=O)CCN1C(=O)CC(SCCOCCO[C@@H](C)C(=O)O[C@H]2CC(=O)N(C)c3cc(cc(C)c3Cl)C/C(C)=C/C=C/[C@@H](C)[C@@]3(O)C[C@H](OC(=O)N3)[C@@H](C)[C@@H]3O[C@@]23C)C1=O. The molecule has 1 unspecified atom stereocenters. The van der Waals surface area contributed by atoms with Crippen molar-refractivity contribution < 1.29 is 81.3 Å². The van der Waals surface area contributed by atoms with E-state index in [2.05, 4.69) is 16.0 Å². The summed E-state index contributed by atoms with van der Waals surface area (Å²) in [5, 5.41) is 19.4. The van der Waals surface area contributed by atoms with Gasteiger partial charge in [0.15, 0.2) is 6.10 Å². The number of alkyl carbamates (subject to hydrolysis) is 1. The van der Waals surface area contributed by atoms with Gasteiger partial charge in [-0.1, -0.05) is 55.3 Å². The standard InChI is InChI=1S/C54H80ClN5O17S/c1-34-10-9-11-36(3)54(68)33-41(75-52(67)58-54)37(4)49-53(6,77-49)43(32-46(63)59(8)40-30-39(28-34)29-35(2)48(40)55)76-51(66)38(5)74-25-24-73-26-27-78-42-31-47(64)60(50(42)65)15-12-45(62)57-14-17-70-19-21-72-23-22-71-20-18-69-16-13-44(61)56-7/h9-11,29-30,36-38,41-43,49,68H,12-28,31-33H2,1-8H3,(H,56,61)(H,57,62)(H,58,67)/b11-9+,34-10+/t36-,37-,38+,41+,42?,43+,49+,53+,54+/m1/s1. The van der Waals surface area contributed by atoms with E-state index in [1.165, 1.54) is 23.6 Å².